The van der Waals surface area contributed by atoms with Crippen LogP contribution in [0.1, 0.15) is 36.1 Å². The summed E-state index contributed by atoms with van der Waals surface area (Å²) in [4.78, 5) is 13.9. The molecule has 0 N–H and O–H groups in total. The molecule has 2 heterocycles. The first-order valence-corrected chi connectivity index (χ1v) is 14.0. The molecule has 6 rings (SSSR count). The quantitative estimate of drug-likeness (QED) is 0.225. The summed E-state index contributed by atoms with van der Waals surface area (Å²) in [5.41, 5.74) is 2.73. The minimum atomic E-state index is -1.02. The fourth-order valence-corrected chi connectivity index (χ4v) is 5.74. The van der Waals surface area contributed by atoms with E-state index in [0.29, 0.717) is 6.61 Å². The summed E-state index contributed by atoms with van der Waals surface area (Å²) in [7, 11) is 0. The first-order valence-electron chi connectivity index (χ1n) is 14.0. The van der Waals surface area contributed by atoms with Gasteiger partial charge in [0.15, 0.2) is 24.0 Å². The second kappa shape index (κ2) is 11.7. The maximum Gasteiger partial charge on any atom is 0.190 e. The lowest BCUT2D eigenvalue weighted by atomic mass is 9.80. The van der Waals surface area contributed by atoms with Crippen LogP contribution in [0.5, 0.6) is 0 Å². The molecule has 2 aliphatic heterocycles. The topological polar surface area (TPSA) is 63.2 Å². The Kier molecular flexibility index (Phi) is 7.84. The summed E-state index contributed by atoms with van der Waals surface area (Å²) in [6, 6.07) is 39.8. The number of hydrogen-bond acceptors (Lipinski definition) is 6. The summed E-state index contributed by atoms with van der Waals surface area (Å²) < 4.78 is 31.4. The van der Waals surface area contributed by atoms with E-state index in [4.69, 9.17) is 23.7 Å². The van der Waals surface area contributed by atoms with Gasteiger partial charge in [0.05, 0.1) is 6.61 Å². The normalized spacial score (nSPS) is 23.3. The van der Waals surface area contributed by atoms with Gasteiger partial charge in [0, 0.05) is 0 Å². The van der Waals surface area contributed by atoms with Crippen LogP contribution in [0.3, 0.4) is 0 Å². The van der Waals surface area contributed by atoms with Crippen molar-refractivity contribution in [3.63, 3.8) is 0 Å². The molecular weight excluding hydrogens is 516 g/mol. The van der Waals surface area contributed by atoms with Crippen LogP contribution in [-0.2, 0) is 40.7 Å². The molecule has 0 bridgehead atoms. The van der Waals surface area contributed by atoms with E-state index < -0.39 is 36.0 Å². The second-order valence-electron chi connectivity index (χ2n) is 10.8. The lowest BCUT2D eigenvalue weighted by Gasteiger charge is -2.36. The van der Waals surface area contributed by atoms with Gasteiger partial charge in [-0.25, -0.2) is 0 Å². The van der Waals surface area contributed by atoms with Crippen LogP contribution in [0.15, 0.2) is 121 Å². The first-order chi connectivity index (χ1) is 20.0. The molecule has 0 amide bonds. The predicted octanol–water partition coefficient (Wildman–Crippen LogP) is 6.03. The van der Waals surface area contributed by atoms with E-state index in [1.165, 1.54) is 0 Å². The van der Waals surface area contributed by atoms with Crippen molar-refractivity contribution in [3.8, 4) is 0 Å². The average Bonchev–Trinajstić information content (AvgIpc) is 3.51. The van der Waals surface area contributed by atoms with E-state index in [2.05, 4.69) is 0 Å². The Balaban J connectivity index is 1.28. The largest absolute Gasteiger partial charge is 0.353 e. The molecule has 0 aliphatic carbocycles. The highest BCUT2D eigenvalue weighted by Crippen LogP contribution is 2.42. The first kappa shape index (κ1) is 27.5. The molecule has 2 saturated heterocycles. The average molecular weight is 551 g/mol. The summed E-state index contributed by atoms with van der Waals surface area (Å²) in [6.45, 7) is 3.79. The fourth-order valence-electron chi connectivity index (χ4n) is 5.74. The van der Waals surface area contributed by atoms with Gasteiger partial charge in [-0.1, -0.05) is 121 Å². The molecule has 0 aromatic heterocycles. The maximum absolute atomic E-state index is 13.9. The maximum atomic E-state index is 13.9. The van der Waals surface area contributed by atoms with Crippen molar-refractivity contribution < 1.29 is 28.5 Å². The van der Waals surface area contributed by atoms with Crippen molar-refractivity contribution in [1.29, 1.82) is 0 Å². The number of carbonyl (C=O) groups is 1. The second-order valence-corrected chi connectivity index (χ2v) is 10.8. The molecule has 0 radical (unpaired) electrons. The minimum absolute atomic E-state index is 0.207. The van der Waals surface area contributed by atoms with Gasteiger partial charge in [0.25, 0.3) is 0 Å². The van der Waals surface area contributed by atoms with E-state index in [0.717, 1.165) is 22.3 Å². The number of Topliss-reactive ketones (excluding diaryl/α,β-unsaturated/α-hetero) is 1. The van der Waals surface area contributed by atoms with Crippen molar-refractivity contribution in [3.05, 3.63) is 144 Å². The Labute approximate surface area is 240 Å². The third-order valence-electron chi connectivity index (χ3n) is 7.56. The van der Waals surface area contributed by atoms with Crippen molar-refractivity contribution >= 4 is 5.78 Å². The lowest BCUT2D eigenvalue weighted by molar-refractivity contribution is -0.235. The zero-order chi connectivity index (χ0) is 28.3. The van der Waals surface area contributed by atoms with E-state index in [1.807, 2.05) is 135 Å². The van der Waals surface area contributed by atoms with Crippen LogP contribution in [0.25, 0.3) is 0 Å². The number of ketones is 1. The summed E-state index contributed by atoms with van der Waals surface area (Å²) in [5.74, 6) is -1.10. The van der Waals surface area contributed by atoms with Crippen LogP contribution < -0.4 is 0 Å². The summed E-state index contributed by atoms with van der Waals surface area (Å²) >= 11 is 0. The highest BCUT2D eigenvalue weighted by molar-refractivity contribution is 5.85. The molecule has 6 nitrogen and oxygen atoms in total. The zero-order valence-electron chi connectivity index (χ0n) is 23.2. The highest BCUT2D eigenvalue weighted by Gasteiger charge is 2.58. The third-order valence-corrected chi connectivity index (χ3v) is 7.56. The molecule has 2 aliphatic rings. The van der Waals surface area contributed by atoms with Gasteiger partial charge in [-0.15, -0.1) is 0 Å². The van der Waals surface area contributed by atoms with Gasteiger partial charge in [-0.05, 0) is 36.1 Å². The van der Waals surface area contributed by atoms with Crippen LogP contribution in [0.2, 0.25) is 0 Å². The van der Waals surface area contributed by atoms with Crippen molar-refractivity contribution in [2.24, 2.45) is 0 Å². The van der Waals surface area contributed by atoms with E-state index >= 15 is 0 Å². The van der Waals surface area contributed by atoms with Gasteiger partial charge in [0.2, 0.25) is 0 Å². The Morgan fingerprint density at radius 3 is 1.68 bits per heavy atom. The number of ether oxygens (including phenoxy) is 5. The van der Waals surface area contributed by atoms with Gasteiger partial charge < -0.3 is 23.7 Å². The zero-order valence-corrected chi connectivity index (χ0v) is 23.2. The molecular formula is C35H34O6. The Morgan fingerprint density at radius 1 is 0.707 bits per heavy atom. The number of rotatable bonds is 10. The molecule has 0 saturated carbocycles. The number of fused-ring (bicyclic) bond motifs is 1. The van der Waals surface area contributed by atoms with Crippen LogP contribution in [0.4, 0.5) is 0 Å². The highest BCUT2D eigenvalue weighted by atomic mass is 16.8. The number of carbonyl (C=O) groups excluding carboxylic acids is 1. The summed E-state index contributed by atoms with van der Waals surface area (Å²) in [5, 5.41) is 0. The fraction of sp³-hybridized carbons (Fsp3) is 0.286. The van der Waals surface area contributed by atoms with Gasteiger partial charge in [-0.2, -0.15) is 0 Å². The van der Waals surface area contributed by atoms with Crippen molar-refractivity contribution in [2.75, 3.05) is 6.61 Å². The monoisotopic (exact) mass is 550 g/mol. The van der Waals surface area contributed by atoms with Crippen molar-refractivity contribution in [2.45, 2.75) is 56.4 Å². The molecule has 0 unspecified atom stereocenters. The van der Waals surface area contributed by atoms with Gasteiger partial charge in [-0.3, -0.25) is 4.79 Å². The van der Waals surface area contributed by atoms with Crippen LogP contribution in [0, 0.1) is 0 Å². The van der Waals surface area contributed by atoms with Crippen LogP contribution in [-0.4, -0.2) is 42.8 Å². The Morgan fingerprint density at radius 2 is 1.17 bits per heavy atom. The molecule has 2 fully saturated rings. The third kappa shape index (κ3) is 5.62. The molecule has 4 aromatic carbocycles. The number of hydrogen-bond donors (Lipinski definition) is 0. The molecule has 41 heavy (non-hydrogen) atoms. The van der Waals surface area contributed by atoms with Gasteiger partial charge in [0.1, 0.15) is 24.4 Å². The molecule has 0 spiro atoms. The Hall–Kier alpha value is -3.65. The van der Waals surface area contributed by atoms with E-state index in [-0.39, 0.29) is 12.4 Å². The standard InChI is InChI=1S/C35H34O6/c1-34(2)40-31-30(39-33(32(31)41-34)37-23-25-15-7-3-8-16-25)29(36)24-38-35(26-17-9-4-10-18-26,27-19-11-5-12-20-27)28-21-13-6-14-22-28/h3-22,30-33H,23-24H2,1-2H3/t30-,31+,32+,33+/m1/s1. The SMILES string of the molecule is CC1(C)O[C@@H]2[C@@H](OCc3ccccc3)O[C@H](C(=O)COC(c3ccccc3)(c3ccccc3)c3ccccc3)[C@@H]2O1. The smallest absolute Gasteiger partial charge is 0.190 e. The lowest BCUT2D eigenvalue weighted by Crippen LogP contribution is -2.41. The van der Waals surface area contributed by atoms with E-state index in [1.54, 1.807) is 0 Å². The van der Waals surface area contributed by atoms with E-state index in [9.17, 15) is 4.79 Å². The summed E-state index contributed by atoms with van der Waals surface area (Å²) in [6.07, 6.45) is -2.80. The van der Waals surface area contributed by atoms with Gasteiger partial charge >= 0.3 is 0 Å². The van der Waals surface area contributed by atoms with Crippen LogP contribution >= 0.6 is 0 Å². The Bertz CT molecular complexity index is 1330. The molecule has 210 valence electrons. The molecule has 4 atom stereocenters. The predicted molar refractivity (Wildman–Crippen MR) is 154 cm³/mol. The minimum Gasteiger partial charge on any atom is -0.353 e. The molecule has 6 heteroatoms. The number of benzene rings is 4. The van der Waals surface area contributed by atoms with Crippen molar-refractivity contribution in [1.82, 2.24) is 0 Å². The molecule has 4 aromatic rings.